The average Bonchev–Trinajstić information content (AvgIpc) is 2.82. The van der Waals surface area contributed by atoms with E-state index in [1.807, 2.05) is 31.2 Å². The molecule has 0 bridgehead atoms. The van der Waals surface area contributed by atoms with Crippen LogP contribution in [0.15, 0.2) is 66.7 Å². The average molecular weight is 460 g/mol. The van der Waals surface area contributed by atoms with Crippen molar-refractivity contribution in [2.24, 2.45) is 5.92 Å². The fraction of sp³-hybridized carbons (Fsp3) is 0.310. The Hall–Kier alpha value is -3.31. The molecule has 34 heavy (non-hydrogen) atoms. The van der Waals surface area contributed by atoms with E-state index >= 15 is 0 Å². The lowest BCUT2D eigenvalue weighted by atomic mass is 9.86. The Balaban J connectivity index is 1.37. The van der Waals surface area contributed by atoms with Crippen molar-refractivity contribution in [1.29, 1.82) is 0 Å². The molecule has 0 aromatic heterocycles. The smallest absolute Gasteiger partial charge is 0.150 e. The summed E-state index contributed by atoms with van der Waals surface area (Å²) in [5, 5.41) is 10.0. The molecule has 0 aliphatic carbocycles. The Morgan fingerprint density at radius 3 is 2.47 bits per heavy atom. The maximum atomic E-state index is 13.6. The first kappa shape index (κ1) is 22.5. The molecule has 2 aliphatic rings. The summed E-state index contributed by atoms with van der Waals surface area (Å²) >= 11 is 0. The molecule has 3 aromatic carbocycles. The molecule has 0 amide bonds. The van der Waals surface area contributed by atoms with Crippen molar-refractivity contribution < 1.29 is 19.0 Å². The van der Waals surface area contributed by atoms with E-state index in [4.69, 9.17) is 9.47 Å². The fourth-order valence-electron chi connectivity index (χ4n) is 4.82. The number of rotatable bonds is 7. The third kappa shape index (κ3) is 4.53. The maximum Gasteiger partial charge on any atom is 0.150 e. The Morgan fingerprint density at radius 1 is 1.03 bits per heavy atom. The zero-order valence-electron chi connectivity index (χ0n) is 19.6. The van der Waals surface area contributed by atoms with Crippen LogP contribution in [0.5, 0.6) is 17.2 Å². The topological polar surface area (TPSA) is 41.9 Å². The molecule has 2 aliphatic heterocycles. The normalized spacial score (nSPS) is 18.3. The van der Waals surface area contributed by atoms with Gasteiger partial charge in [-0.1, -0.05) is 37.6 Å². The van der Waals surface area contributed by atoms with Crippen LogP contribution in [-0.2, 0) is 0 Å². The molecule has 1 saturated heterocycles. The summed E-state index contributed by atoms with van der Waals surface area (Å²) in [6, 6.07) is 19.6. The van der Waals surface area contributed by atoms with Crippen LogP contribution in [-0.4, -0.2) is 36.2 Å². The second-order valence-electron chi connectivity index (χ2n) is 9.18. The van der Waals surface area contributed by atoms with Crippen LogP contribution in [0, 0.1) is 11.7 Å². The lowest BCUT2D eigenvalue weighted by Gasteiger charge is -2.38. The van der Waals surface area contributed by atoms with Crippen LogP contribution >= 0.6 is 0 Å². The third-order valence-electron chi connectivity index (χ3n) is 6.90. The maximum absolute atomic E-state index is 13.6. The number of halogens is 1. The Bertz CT molecular complexity index is 1180. The summed E-state index contributed by atoms with van der Waals surface area (Å²) in [7, 11) is 0. The number of phenols is 1. The predicted molar refractivity (Wildman–Crippen MR) is 133 cm³/mol. The van der Waals surface area contributed by atoms with Crippen molar-refractivity contribution in [3.05, 3.63) is 89.2 Å². The van der Waals surface area contributed by atoms with Crippen molar-refractivity contribution in [3.63, 3.8) is 0 Å². The van der Waals surface area contributed by atoms with E-state index in [2.05, 4.69) is 11.8 Å². The van der Waals surface area contributed by atoms with Crippen molar-refractivity contribution in [1.82, 2.24) is 4.90 Å². The monoisotopic (exact) mass is 459 g/mol. The molecule has 0 saturated carbocycles. The van der Waals surface area contributed by atoms with E-state index in [1.54, 1.807) is 30.3 Å². The van der Waals surface area contributed by atoms with Gasteiger partial charge in [-0.05, 0) is 72.0 Å². The number of allylic oxidation sites excluding steroid dienone is 1. The molecule has 176 valence electrons. The van der Waals surface area contributed by atoms with Gasteiger partial charge in [0, 0.05) is 30.8 Å². The summed E-state index contributed by atoms with van der Waals surface area (Å²) in [6.07, 6.45) is 0.894. The highest BCUT2D eigenvalue weighted by Gasteiger charge is 2.29. The van der Waals surface area contributed by atoms with Crippen LogP contribution in [0.4, 0.5) is 4.39 Å². The van der Waals surface area contributed by atoms with Crippen molar-refractivity contribution >= 4 is 11.1 Å². The van der Waals surface area contributed by atoms with Gasteiger partial charge in [0.25, 0.3) is 0 Å². The van der Waals surface area contributed by atoms with Crippen molar-refractivity contribution in [2.75, 3.05) is 26.2 Å². The van der Waals surface area contributed by atoms with Gasteiger partial charge in [0.15, 0.2) is 0 Å². The van der Waals surface area contributed by atoms with Crippen LogP contribution in [0.2, 0.25) is 0 Å². The zero-order valence-corrected chi connectivity index (χ0v) is 19.6. The summed E-state index contributed by atoms with van der Waals surface area (Å²) in [5.74, 6) is 2.30. The molecule has 5 rings (SSSR count). The molecule has 1 atom stereocenters. The Morgan fingerprint density at radius 2 is 1.76 bits per heavy atom. The number of nitrogens with zero attached hydrogens (tertiary/aromatic N) is 1. The van der Waals surface area contributed by atoms with E-state index in [1.165, 1.54) is 31.6 Å². The lowest BCUT2D eigenvalue weighted by Crippen LogP contribution is -2.47. The van der Waals surface area contributed by atoms with Crippen LogP contribution in [0.3, 0.4) is 0 Å². The largest absolute Gasteiger partial charge is 0.508 e. The van der Waals surface area contributed by atoms with Gasteiger partial charge in [0.1, 0.15) is 35.8 Å². The molecule has 1 fully saturated rings. The van der Waals surface area contributed by atoms with Crippen molar-refractivity contribution in [3.8, 4) is 17.2 Å². The van der Waals surface area contributed by atoms with Gasteiger partial charge in [-0.25, -0.2) is 4.39 Å². The first-order valence-electron chi connectivity index (χ1n) is 11.9. The lowest BCUT2D eigenvalue weighted by molar-refractivity contribution is 0.0806. The Labute approximate surface area is 200 Å². The fourth-order valence-corrected chi connectivity index (χ4v) is 4.82. The minimum absolute atomic E-state index is 0.184. The van der Waals surface area contributed by atoms with Gasteiger partial charge < -0.3 is 14.6 Å². The number of likely N-dealkylation sites (tertiary alicyclic amines) is 1. The van der Waals surface area contributed by atoms with E-state index in [9.17, 15) is 9.50 Å². The first-order chi connectivity index (χ1) is 16.5. The molecule has 4 nitrogen and oxygen atoms in total. The number of hydrogen-bond acceptors (Lipinski definition) is 4. The van der Waals surface area contributed by atoms with Gasteiger partial charge in [-0.15, -0.1) is 0 Å². The minimum atomic E-state index is -0.358. The molecule has 0 radical (unpaired) electrons. The molecule has 0 spiro atoms. The van der Waals surface area contributed by atoms with Gasteiger partial charge in [0.2, 0.25) is 0 Å². The number of benzene rings is 3. The molecule has 1 N–H and O–H groups in total. The highest BCUT2D eigenvalue weighted by atomic mass is 19.1. The van der Waals surface area contributed by atoms with Gasteiger partial charge in [-0.3, -0.25) is 4.90 Å². The van der Waals surface area contributed by atoms with E-state index < -0.39 is 0 Å². The van der Waals surface area contributed by atoms with E-state index in [0.29, 0.717) is 12.4 Å². The van der Waals surface area contributed by atoms with E-state index in [0.717, 1.165) is 46.0 Å². The molecule has 3 aromatic rings. The Kier molecular flexibility index (Phi) is 6.29. The van der Waals surface area contributed by atoms with Gasteiger partial charge in [0.05, 0.1) is 0 Å². The highest BCUT2D eigenvalue weighted by Crippen LogP contribution is 2.47. The standard InChI is InChI=1S/C29H30FNO3/c1-3-20-17-31(18-20)14-15-33-25-11-6-22(7-12-25)29-28(21-4-8-23(30)9-5-21)19(2)26-16-24(32)10-13-27(26)34-29/h4-13,16,20,29,32H,3,14-15,17-18H2,1-2H3. The van der Waals surface area contributed by atoms with Crippen LogP contribution < -0.4 is 9.47 Å². The van der Waals surface area contributed by atoms with Crippen LogP contribution in [0.25, 0.3) is 11.1 Å². The summed E-state index contributed by atoms with van der Waals surface area (Å²) in [4.78, 5) is 2.43. The quantitative estimate of drug-likeness (QED) is 0.449. The van der Waals surface area contributed by atoms with Gasteiger partial charge in [-0.2, -0.15) is 0 Å². The number of phenolic OH excluding ortho intramolecular Hbond substituents is 1. The predicted octanol–water partition coefficient (Wildman–Crippen LogP) is 6.32. The number of ether oxygens (including phenoxy) is 2. The number of hydrogen-bond donors (Lipinski definition) is 1. The van der Waals surface area contributed by atoms with E-state index in [-0.39, 0.29) is 17.7 Å². The highest BCUT2D eigenvalue weighted by molar-refractivity contribution is 5.95. The molecule has 5 heteroatoms. The molecular formula is C29H30FNO3. The van der Waals surface area contributed by atoms with Crippen LogP contribution in [0.1, 0.15) is 43.1 Å². The second-order valence-corrected chi connectivity index (χ2v) is 9.18. The third-order valence-corrected chi connectivity index (χ3v) is 6.90. The van der Waals surface area contributed by atoms with Crippen molar-refractivity contribution in [2.45, 2.75) is 26.4 Å². The molecule has 2 heterocycles. The SMILES string of the molecule is CCC1CN(CCOc2ccc(C3Oc4ccc(O)cc4C(C)=C3c3ccc(F)cc3)cc2)C1. The second kappa shape index (κ2) is 9.51. The van der Waals surface area contributed by atoms with Gasteiger partial charge >= 0.3 is 0 Å². The zero-order chi connectivity index (χ0) is 23.7. The summed E-state index contributed by atoms with van der Waals surface area (Å²) in [5.41, 5.74) is 4.66. The first-order valence-corrected chi connectivity index (χ1v) is 11.9. The summed E-state index contributed by atoms with van der Waals surface area (Å²) < 4.78 is 26.0. The molecule has 1 unspecified atom stereocenters. The number of fused-ring (bicyclic) bond motifs is 1. The molecular weight excluding hydrogens is 429 g/mol. The minimum Gasteiger partial charge on any atom is -0.508 e. The summed E-state index contributed by atoms with van der Waals surface area (Å²) in [6.45, 7) is 8.24. The number of aromatic hydroxyl groups is 1.